The van der Waals surface area contributed by atoms with Gasteiger partial charge in [-0.3, -0.25) is 0 Å². The van der Waals surface area contributed by atoms with Gasteiger partial charge in [-0.1, -0.05) is 36.4 Å². The van der Waals surface area contributed by atoms with Gasteiger partial charge in [0.05, 0.1) is 0 Å². The van der Waals surface area contributed by atoms with Crippen molar-refractivity contribution in [1.29, 1.82) is 0 Å². The van der Waals surface area contributed by atoms with E-state index in [9.17, 15) is 0 Å². The smallest absolute Gasteiger partial charge is 0.143 e. The Morgan fingerprint density at radius 2 is 1.93 bits per heavy atom. The summed E-state index contributed by atoms with van der Waals surface area (Å²) in [6, 6.07) is 9.98. The summed E-state index contributed by atoms with van der Waals surface area (Å²) >= 11 is 0. The van der Waals surface area contributed by atoms with Crippen molar-refractivity contribution in [2.75, 3.05) is 14.1 Å². The van der Waals surface area contributed by atoms with E-state index in [1.54, 1.807) is 11.1 Å². The van der Waals surface area contributed by atoms with Crippen LogP contribution in [0, 0.1) is 0 Å². The Bertz CT molecular complexity index is 326. The lowest BCUT2D eigenvalue weighted by Crippen LogP contribution is -2.14. The van der Waals surface area contributed by atoms with Crippen molar-refractivity contribution >= 4 is 11.9 Å². The molecule has 0 heterocycles. The van der Waals surface area contributed by atoms with Crippen LogP contribution in [-0.4, -0.2) is 24.9 Å². The molecule has 0 aromatic heterocycles. The van der Waals surface area contributed by atoms with Crippen LogP contribution in [0.25, 0.3) is 6.08 Å². The molecule has 1 aromatic carbocycles. The van der Waals surface area contributed by atoms with E-state index in [1.165, 1.54) is 0 Å². The first kappa shape index (κ1) is 10.3. The van der Waals surface area contributed by atoms with Crippen LogP contribution < -0.4 is 5.73 Å². The van der Waals surface area contributed by atoms with Crippen LogP contribution in [0.15, 0.2) is 41.5 Å². The van der Waals surface area contributed by atoms with Crippen molar-refractivity contribution in [3.05, 3.63) is 42.0 Å². The van der Waals surface area contributed by atoms with Gasteiger partial charge in [-0.2, -0.15) is 5.10 Å². The third-order valence-corrected chi connectivity index (χ3v) is 1.56. The van der Waals surface area contributed by atoms with Gasteiger partial charge in [-0.25, -0.2) is 0 Å². The molecule has 3 nitrogen and oxygen atoms in total. The van der Waals surface area contributed by atoms with E-state index in [0.717, 1.165) is 5.56 Å². The van der Waals surface area contributed by atoms with E-state index >= 15 is 0 Å². The SMILES string of the molecule is CN(C)/N=C(N)/C=C/c1ccccc1. The van der Waals surface area contributed by atoms with Crippen LogP contribution in [0.3, 0.4) is 0 Å². The second-order valence-corrected chi connectivity index (χ2v) is 3.12. The van der Waals surface area contributed by atoms with Crippen molar-refractivity contribution in [1.82, 2.24) is 5.01 Å². The molecular weight excluding hydrogens is 174 g/mol. The van der Waals surface area contributed by atoms with Crippen molar-refractivity contribution in [2.24, 2.45) is 10.8 Å². The molecule has 0 saturated carbocycles. The zero-order valence-electron chi connectivity index (χ0n) is 8.51. The minimum Gasteiger partial charge on any atom is -0.382 e. The zero-order valence-corrected chi connectivity index (χ0v) is 8.51. The number of amidine groups is 1. The van der Waals surface area contributed by atoms with Gasteiger partial charge in [0.15, 0.2) is 0 Å². The predicted octanol–water partition coefficient (Wildman–Crippen LogP) is 1.53. The quantitative estimate of drug-likeness (QED) is 0.445. The lowest BCUT2D eigenvalue weighted by Gasteiger charge is -2.03. The van der Waals surface area contributed by atoms with Crippen LogP contribution in [0.5, 0.6) is 0 Å². The van der Waals surface area contributed by atoms with Crippen molar-refractivity contribution < 1.29 is 0 Å². The largest absolute Gasteiger partial charge is 0.382 e. The minimum atomic E-state index is 0.499. The summed E-state index contributed by atoms with van der Waals surface area (Å²) in [5.74, 6) is 0.499. The van der Waals surface area contributed by atoms with E-state index in [2.05, 4.69) is 5.10 Å². The Morgan fingerprint density at radius 1 is 1.29 bits per heavy atom. The molecule has 0 bridgehead atoms. The summed E-state index contributed by atoms with van der Waals surface area (Å²) in [6.45, 7) is 0. The number of hydrogen-bond donors (Lipinski definition) is 1. The summed E-state index contributed by atoms with van der Waals surface area (Å²) in [5, 5.41) is 5.70. The molecule has 74 valence electrons. The highest BCUT2D eigenvalue weighted by Gasteiger charge is 1.86. The van der Waals surface area contributed by atoms with E-state index in [-0.39, 0.29) is 0 Å². The van der Waals surface area contributed by atoms with Crippen molar-refractivity contribution in [3.8, 4) is 0 Å². The first-order chi connectivity index (χ1) is 6.68. The van der Waals surface area contributed by atoms with Crippen molar-refractivity contribution in [3.63, 3.8) is 0 Å². The normalized spacial score (nSPS) is 12.0. The number of hydrogen-bond acceptors (Lipinski definition) is 2. The second kappa shape index (κ2) is 5.07. The molecule has 0 radical (unpaired) electrons. The molecule has 2 N–H and O–H groups in total. The molecule has 0 aliphatic carbocycles. The fraction of sp³-hybridized carbons (Fsp3) is 0.182. The Morgan fingerprint density at radius 3 is 2.50 bits per heavy atom. The fourth-order valence-electron chi connectivity index (χ4n) is 1.01. The van der Waals surface area contributed by atoms with Gasteiger partial charge in [0, 0.05) is 14.1 Å². The highest BCUT2D eigenvalue weighted by molar-refractivity contribution is 5.94. The Labute approximate surface area is 84.5 Å². The van der Waals surface area contributed by atoms with Crippen LogP contribution in [-0.2, 0) is 0 Å². The molecule has 1 aromatic rings. The number of hydrazone groups is 1. The summed E-state index contributed by atoms with van der Waals surface area (Å²) < 4.78 is 0. The third-order valence-electron chi connectivity index (χ3n) is 1.56. The molecule has 0 unspecified atom stereocenters. The number of rotatable bonds is 3. The van der Waals surface area contributed by atoms with Crippen LogP contribution in [0.2, 0.25) is 0 Å². The second-order valence-electron chi connectivity index (χ2n) is 3.12. The minimum absolute atomic E-state index is 0.499. The standard InChI is InChI=1S/C11H15N3/c1-14(2)13-11(12)9-8-10-6-4-3-5-7-10/h3-9H,1-2H3,(H2,12,13)/b9-8+. The first-order valence-electron chi connectivity index (χ1n) is 4.43. The monoisotopic (exact) mass is 189 g/mol. The molecule has 0 fully saturated rings. The average Bonchev–Trinajstić information content (AvgIpc) is 2.15. The topological polar surface area (TPSA) is 41.6 Å². The molecule has 14 heavy (non-hydrogen) atoms. The molecule has 3 heteroatoms. The summed E-state index contributed by atoms with van der Waals surface area (Å²) in [4.78, 5) is 0. The maximum atomic E-state index is 5.64. The molecule has 0 amide bonds. The van der Waals surface area contributed by atoms with Gasteiger partial charge < -0.3 is 10.7 Å². The van der Waals surface area contributed by atoms with Crippen LogP contribution in [0.1, 0.15) is 5.56 Å². The molecule has 0 aliphatic heterocycles. The van der Waals surface area contributed by atoms with Crippen molar-refractivity contribution in [2.45, 2.75) is 0 Å². The molecular formula is C11H15N3. The van der Waals surface area contributed by atoms with Gasteiger partial charge in [-0.05, 0) is 11.6 Å². The Kier molecular flexibility index (Phi) is 3.73. The lowest BCUT2D eigenvalue weighted by molar-refractivity contribution is 0.437. The highest BCUT2D eigenvalue weighted by atomic mass is 15.4. The Hall–Kier alpha value is -1.77. The number of nitrogens with two attached hydrogens (primary N) is 1. The van der Waals surface area contributed by atoms with E-state index < -0.39 is 0 Å². The molecule has 0 saturated heterocycles. The molecule has 0 aliphatic rings. The van der Waals surface area contributed by atoms with Gasteiger partial charge in [0.25, 0.3) is 0 Å². The van der Waals surface area contributed by atoms with Gasteiger partial charge in [-0.15, -0.1) is 0 Å². The van der Waals surface area contributed by atoms with E-state index in [1.807, 2.05) is 50.5 Å². The van der Waals surface area contributed by atoms with Gasteiger partial charge in [0.1, 0.15) is 5.84 Å². The van der Waals surface area contributed by atoms with Crippen LogP contribution in [0.4, 0.5) is 0 Å². The van der Waals surface area contributed by atoms with Gasteiger partial charge >= 0.3 is 0 Å². The summed E-state index contributed by atoms with van der Waals surface area (Å²) in [6.07, 6.45) is 3.72. The molecule has 0 spiro atoms. The number of benzene rings is 1. The third kappa shape index (κ3) is 3.76. The average molecular weight is 189 g/mol. The lowest BCUT2D eigenvalue weighted by atomic mass is 10.2. The predicted molar refractivity (Wildman–Crippen MR) is 60.8 cm³/mol. The maximum absolute atomic E-state index is 5.64. The highest BCUT2D eigenvalue weighted by Crippen LogP contribution is 2.00. The fourth-order valence-corrected chi connectivity index (χ4v) is 1.01. The van der Waals surface area contributed by atoms with E-state index in [4.69, 9.17) is 5.73 Å². The van der Waals surface area contributed by atoms with Crippen LogP contribution >= 0.6 is 0 Å². The van der Waals surface area contributed by atoms with E-state index in [0.29, 0.717) is 5.84 Å². The summed E-state index contributed by atoms with van der Waals surface area (Å²) in [5.41, 5.74) is 6.76. The molecule has 1 rings (SSSR count). The Balaban J connectivity index is 2.65. The zero-order chi connectivity index (χ0) is 10.4. The van der Waals surface area contributed by atoms with Gasteiger partial charge in [0.2, 0.25) is 0 Å². The molecule has 0 atom stereocenters. The number of nitrogens with zero attached hydrogens (tertiary/aromatic N) is 2. The first-order valence-corrected chi connectivity index (χ1v) is 4.43. The maximum Gasteiger partial charge on any atom is 0.143 e. The summed E-state index contributed by atoms with van der Waals surface area (Å²) in [7, 11) is 3.67.